The molecule has 0 amide bonds. The monoisotopic (exact) mass is 429 g/mol. The molecule has 2 aliphatic rings. The van der Waals surface area contributed by atoms with E-state index in [9.17, 15) is 13.2 Å². The number of rotatable bonds is 3. The molecule has 1 heterocycles. The fourth-order valence-corrected chi connectivity index (χ4v) is 4.36. The van der Waals surface area contributed by atoms with Gasteiger partial charge < -0.3 is 9.57 Å². The Bertz CT molecular complexity index is 941. The summed E-state index contributed by atoms with van der Waals surface area (Å²) < 4.78 is 47.7. The lowest BCUT2D eigenvalue weighted by Crippen LogP contribution is -2.42. The largest absolute Gasteiger partial charge is 0.435 e. The molecule has 0 aromatic heterocycles. The van der Waals surface area contributed by atoms with Crippen LogP contribution in [0.2, 0.25) is 10.0 Å². The molecule has 2 aromatic carbocycles. The highest BCUT2D eigenvalue weighted by atomic mass is 35.5. The first kappa shape index (κ1) is 19.6. The SMILES string of the molecule is COC1CCc2ccc(C3=NOC(c4cc(Cl)cc(Cl)c4)(C(F)(F)F)C3)cc21. The van der Waals surface area contributed by atoms with Crippen LogP contribution in [0.5, 0.6) is 0 Å². The lowest BCUT2D eigenvalue weighted by Gasteiger charge is -2.29. The van der Waals surface area contributed by atoms with Crippen molar-refractivity contribution in [3.05, 3.63) is 68.7 Å². The molecule has 0 saturated heterocycles. The molecule has 3 nitrogen and oxygen atoms in total. The van der Waals surface area contributed by atoms with E-state index < -0.39 is 18.2 Å². The normalized spacial score (nSPS) is 24.1. The fraction of sp³-hybridized carbons (Fsp3) is 0.350. The van der Waals surface area contributed by atoms with Crippen molar-refractivity contribution in [1.29, 1.82) is 0 Å². The summed E-state index contributed by atoms with van der Waals surface area (Å²) in [7, 11) is 1.63. The number of aryl methyl sites for hydroxylation is 1. The first-order chi connectivity index (χ1) is 13.2. The van der Waals surface area contributed by atoms with Crippen LogP contribution in [0, 0.1) is 0 Å². The number of methoxy groups -OCH3 is 1. The molecule has 2 atom stereocenters. The summed E-state index contributed by atoms with van der Waals surface area (Å²) in [6.07, 6.45) is -3.50. The summed E-state index contributed by atoms with van der Waals surface area (Å²) >= 11 is 11.9. The summed E-state index contributed by atoms with van der Waals surface area (Å²) in [6.45, 7) is 0. The topological polar surface area (TPSA) is 30.8 Å². The van der Waals surface area contributed by atoms with Gasteiger partial charge in [-0.2, -0.15) is 13.2 Å². The van der Waals surface area contributed by atoms with Gasteiger partial charge >= 0.3 is 6.18 Å². The van der Waals surface area contributed by atoms with E-state index in [1.165, 1.54) is 18.2 Å². The van der Waals surface area contributed by atoms with Crippen molar-refractivity contribution in [2.45, 2.75) is 37.1 Å². The summed E-state index contributed by atoms with van der Waals surface area (Å²) in [4.78, 5) is 5.06. The second-order valence-corrected chi connectivity index (χ2v) is 7.84. The highest BCUT2D eigenvalue weighted by Crippen LogP contribution is 2.50. The van der Waals surface area contributed by atoms with Crippen LogP contribution < -0.4 is 0 Å². The minimum absolute atomic E-state index is 0.0584. The molecule has 0 saturated carbocycles. The number of fused-ring (bicyclic) bond motifs is 1. The van der Waals surface area contributed by atoms with Gasteiger partial charge in [0, 0.05) is 29.1 Å². The molecular formula is C20H16Cl2F3NO2. The van der Waals surface area contributed by atoms with Crippen LogP contribution in [-0.2, 0) is 21.6 Å². The number of benzene rings is 2. The molecule has 4 rings (SSSR count). The maximum atomic E-state index is 14.1. The average Bonchev–Trinajstić information content (AvgIpc) is 3.25. The number of halogens is 5. The Morgan fingerprint density at radius 2 is 1.86 bits per heavy atom. The molecule has 148 valence electrons. The van der Waals surface area contributed by atoms with Crippen molar-refractivity contribution in [1.82, 2.24) is 0 Å². The van der Waals surface area contributed by atoms with Gasteiger partial charge in [-0.15, -0.1) is 0 Å². The number of nitrogens with zero attached hydrogens (tertiary/aromatic N) is 1. The van der Waals surface area contributed by atoms with Crippen molar-refractivity contribution < 1.29 is 22.7 Å². The van der Waals surface area contributed by atoms with Crippen LogP contribution in [0.25, 0.3) is 0 Å². The summed E-state index contributed by atoms with van der Waals surface area (Å²) in [5.41, 5.74) is 0.125. The van der Waals surface area contributed by atoms with Crippen molar-refractivity contribution in [3.8, 4) is 0 Å². The number of hydrogen-bond acceptors (Lipinski definition) is 3. The van der Waals surface area contributed by atoms with Crippen molar-refractivity contribution in [3.63, 3.8) is 0 Å². The fourth-order valence-electron chi connectivity index (χ4n) is 3.83. The van der Waals surface area contributed by atoms with Gasteiger partial charge in [-0.25, -0.2) is 0 Å². The van der Waals surface area contributed by atoms with E-state index in [1.54, 1.807) is 13.2 Å². The van der Waals surface area contributed by atoms with Crippen molar-refractivity contribution in [2.24, 2.45) is 5.16 Å². The minimum atomic E-state index is -4.71. The van der Waals surface area contributed by atoms with Gasteiger partial charge in [0.25, 0.3) is 5.60 Å². The second-order valence-electron chi connectivity index (χ2n) is 6.97. The van der Waals surface area contributed by atoms with Gasteiger partial charge in [-0.05, 0) is 53.8 Å². The zero-order valence-electron chi connectivity index (χ0n) is 14.8. The second kappa shape index (κ2) is 6.94. The molecule has 28 heavy (non-hydrogen) atoms. The zero-order chi connectivity index (χ0) is 20.1. The van der Waals surface area contributed by atoms with Crippen molar-refractivity contribution in [2.75, 3.05) is 7.11 Å². The highest BCUT2D eigenvalue weighted by Gasteiger charge is 2.62. The quantitative estimate of drug-likeness (QED) is 0.580. The van der Waals surface area contributed by atoms with Crippen LogP contribution in [0.15, 0.2) is 41.6 Å². The predicted octanol–water partition coefficient (Wildman–Crippen LogP) is 6.21. The third-order valence-electron chi connectivity index (χ3n) is 5.30. The smallest absolute Gasteiger partial charge is 0.377 e. The van der Waals surface area contributed by atoms with Gasteiger partial charge in [0.15, 0.2) is 0 Å². The van der Waals surface area contributed by atoms with Gasteiger partial charge in [0.2, 0.25) is 0 Å². The molecule has 8 heteroatoms. The number of oxime groups is 1. The van der Waals surface area contributed by atoms with E-state index in [4.69, 9.17) is 32.8 Å². The Hall–Kier alpha value is -1.76. The van der Waals surface area contributed by atoms with E-state index in [0.717, 1.165) is 24.0 Å². The number of alkyl halides is 3. The van der Waals surface area contributed by atoms with E-state index >= 15 is 0 Å². The van der Waals surface area contributed by atoms with E-state index in [1.807, 2.05) is 12.1 Å². The third-order valence-corrected chi connectivity index (χ3v) is 5.74. The summed E-state index contributed by atoms with van der Waals surface area (Å²) in [5.74, 6) is 0. The Morgan fingerprint density at radius 3 is 2.50 bits per heavy atom. The van der Waals surface area contributed by atoms with Gasteiger partial charge in [-0.1, -0.05) is 40.5 Å². The van der Waals surface area contributed by atoms with Crippen LogP contribution >= 0.6 is 23.2 Å². The number of hydrogen-bond donors (Lipinski definition) is 0. The number of ether oxygens (including phenoxy) is 1. The van der Waals surface area contributed by atoms with E-state index in [-0.39, 0.29) is 27.4 Å². The molecule has 2 unspecified atom stereocenters. The maximum Gasteiger partial charge on any atom is 0.435 e. The van der Waals surface area contributed by atoms with Crippen LogP contribution in [0.1, 0.15) is 41.2 Å². The van der Waals surface area contributed by atoms with Gasteiger partial charge in [0.05, 0.1) is 11.8 Å². The van der Waals surface area contributed by atoms with Gasteiger partial charge in [-0.3, -0.25) is 0 Å². The van der Waals surface area contributed by atoms with Crippen molar-refractivity contribution >= 4 is 28.9 Å². The molecule has 0 N–H and O–H groups in total. The van der Waals surface area contributed by atoms with Crippen LogP contribution in [0.3, 0.4) is 0 Å². The molecular weight excluding hydrogens is 414 g/mol. The molecule has 1 aliphatic carbocycles. The maximum absolute atomic E-state index is 14.1. The highest BCUT2D eigenvalue weighted by molar-refractivity contribution is 6.34. The molecule has 0 radical (unpaired) electrons. The van der Waals surface area contributed by atoms with Gasteiger partial charge in [0.1, 0.15) is 0 Å². The Morgan fingerprint density at radius 1 is 1.14 bits per heavy atom. The Kier molecular flexibility index (Phi) is 4.84. The minimum Gasteiger partial charge on any atom is -0.377 e. The molecule has 1 aliphatic heterocycles. The first-order valence-corrected chi connectivity index (χ1v) is 9.43. The Labute approximate surface area is 170 Å². The first-order valence-electron chi connectivity index (χ1n) is 8.68. The lowest BCUT2D eigenvalue weighted by molar-refractivity contribution is -0.275. The zero-order valence-corrected chi connectivity index (χ0v) is 16.3. The molecule has 0 spiro atoms. The predicted molar refractivity (Wildman–Crippen MR) is 101 cm³/mol. The van der Waals surface area contributed by atoms with E-state index in [0.29, 0.717) is 5.56 Å². The molecule has 0 fully saturated rings. The summed E-state index contributed by atoms with van der Waals surface area (Å²) in [6, 6.07) is 9.33. The molecule has 0 bridgehead atoms. The van der Waals surface area contributed by atoms with E-state index in [2.05, 4.69) is 5.16 Å². The molecule has 2 aromatic rings. The average molecular weight is 430 g/mol. The third kappa shape index (κ3) is 3.17. The lowest BCUT2D eigenvalue weighted by atomic mass is 9.86. The standard InChI is InChI=1S/C20H16Cl2F3NO2/c1-27-18-5-4-11-2-3-12(6-16(11)18)17-10-19(28-26-17,20(23,24)25)13-7-14(21)9-15(22)8-13/h2-3,6-9,18H,4-5,10H2,1H3. The van der Waals surface area contributed by atoms with Crippen LogP contribution in [0.4, 0.5) is 13.2 Å². The summed E-state index contributed by atoms with van der Waals surface area (Å²) in [5, 5.41) is 4.01. The van der Waals surface area contributed by atoms with Crippen LogP contribution in [-0.4, -0.2) is 19.0 Å². The Balaban J connectivity index is 1.72.